The predicted octanol–water partition coefficient (Wildman–Crippen LogP) is 2.00. The average Bonchev–Trinajstić information content (AvgIpc) is 3.23. The van der Waals surface area contributed by atoms with Gasteiger partial charge in [0.2, 0.25) is 10.0 Å². The minimum absolute atomic E-state index is 0.0926. The van der Waals surface area contributed by atoms with Crippen LogP contribution in [0, 0.1) is 17.2 Å². The van der Waals surface area contributed by atoms with Crippen LogP contribution in [0.3, 0.4) is 0 Å². The van der Waals surface area contributed by atoms with E-state index in [0.29, 0.717) is 11.0 Å². The molecule has 0 radical (unpaired) electrons. The molecule has 1 atom stereocenters. The molecular formula is C13H14N4O2S2. The van der Waals surface area contributed by atoms with Gasteiger partial charge in [-0.3, -0.25) is 0 Å². The van der Waals surface area contributed by atoms with E-state index >= 15 is 0 Å². The van der Waals surface area contributed by atoms with Gasteiger partial charge in [-0.2, -0.15) is 18.3 Å². The maximum Gasteiger partial charge on any atom is 0.246 e. The Balaban J connectivity index is 2.12. The Morgan fingerprint density at radius 1 is 1.43 bits per heavy atom. The van der Waals surface area contributed by atoms with Crippen molar-refractivity contribution in [3.8, 4) is 6.07 Å². The second-order valence-electron chi connectivity index (χ2n) is 5.39. The fourth-order valence-corrected chi connectivity index (χ4v) is 4.69. The molecule has 3 rings (SSSR count). The van der Waals surface area contributed by atoms with Crippen molar-refractivity contribution in [3.63, 3.8) is 0 Å². The van der Waals surface area contributed by atoms with E-state index in [1.165, 1.54) is 17.4 Å². The molecule has 0 bridgehead atoms. The van der Waals surface area contributed by atoms with Gasteiger partial charge >= 0.3 is 0 Å². The molecule has 1 aliphatic rings. The van der Waals surface area contributed by atoms with E-state index in [1.807, 2.05) is 0 Å². The van der Waals surface area contributed by atoms with Crippen molar-refractivity contribution in [1.82, 2.24) is 13.1 Å². The fraction of sp³-hybridized carbons (Fsp3) is 0.462. The third-order valence-corrected chi connectivity index (χ3v) is 6.67. The molecule has 0 aliphatic heterocycles. The van der Waals surface area contributed by atoms with Gasteiger partial charge in [0.15, 0.2) is 0 Å². The minimum atomic E-state index is -3.80. The standard InChI is InChI=1S/C13H14N4O2S2/c1-13(8-14,9-6-7-9)17(2)21(18,19)11-5-3-4-10-12(11)16-20-15-10/h3-5,9H,6-7H2,1-2H3. The molecule has 1 aromatic carbocycles. The van der Waals surface area contributed by atoms with Crippen LogP contribution in [0.1, 0.15) is 19.8 Å². The highest BCUT2D eigenvalue weighted by molar-refractivity contribution is 7.89. The van der Waals surface area contributed by atoms with E-state index in [0.717, 1.165) is 24.6 Å². The van der Waals surface area contributed by atoms with Crippen molar-refractivity contribution >= 4 is 32.8 Å². The summed E-state index contributed by atoms with van der Waals surface area (Å²) in [5, 5.41) is 9.47. The quantitative estimate of drug-likeness (QED) is 0.859. The predicted molar refractivity (Wildman–Crippen MR) is 79.1 cm³/mol. The summed E-state index contributed by atoms with van der Waals surface area (Å²) in [6, 6.07) is 7.05. The number of nitrogens with zero attached hydrogens (tertiary/aromatic N) is 4. The molecule has 21 heavy (non-hydrogen) atoms. The zero-order valence-corrected chi connectivity index (χ0v) is 13.3. The van der Waals surface area contributed by atoms with Gasteiger partial charge in [0.05, 0.1) is 17.8 Å². The number of hydrogen-bond acceptors (Lipinski definition) is 6. The molecular weight excluding hydrogens is 308 g/mol. The van der Waals surface area contributed by atoms with Crippen LogP contribution < -0.4 is 0 Å². The molecule has 6 nitrogen and oxygen atoms in total. The van der Waals surface area contributed by atoms with Crippen molar-refractivity contribution in [3.05, 3.63) is 18.2 Å². The largest absolute Gasteiger partial charge is 0.246 e. The molecule has 110 valence electrons. The molecule has 0 saturated heterocycles. The summed E-state index contributed by atoms with van der Waals surface area (Å²) < 4.78 is 35.1. The van der Waals surface area contributed by atoms with Crippen molar-refractivity contribution < 1.29 is 8.42 Å². The van der Waals surface area contributed by atoms with Gasteiger partial charge in [-0.15, -0.1) is 0 Å². The molecule has 1 fully saturated rings. The summed E-state index contributed by atoms with van der Waals surface area (Å²) in [5.41, 5.74) is -0.102. The first-order valence-corrected chi connectivity index (χ1v) is 8.70. The van der Waals surface area contributed by atoms with Crippen LogP contribution in [0.25, 0.3) is 11.0 Å². The Morgan fingerprint density at radius 3 is 2.76 bits per heavy atom. The zero-order valence-electron chi connectivity index (χ0n) is 11.6. The summed E-state index contributed by atoms with van der Waals surface area (Å²) >= 11 is 0.979. The molecule has 8 heteroatoms. The second kappa shape index (κ2) is 4.73. The Kier molecular flexibility index (Phi) is 3.24. The van der Waals surface area contributed by atoms with E-state index in [1.54, 1.807) is 19.1 Å². The normalized spacial score (nSPS) is 18.6. The Hall–Kier alpha value is -1.56. The van der Waals surface area contributed by atoms with Gasteiger partial charge in [-0.1, -0.05) is 6.07 Å². The summed E-state index contributed by atoms with van der Waals surface area (Å²) in [5.74, 6) is 0.0926. The summed E-state index contributed by atoms with van der Waals surface area (Å²) in [4.78, 5) is 0.110. The smallest absolute Gasteiger partial charge is 0.207 e. The zero-order chi connectivity index (χ0) is 15.3. The first-order chi connectivity index (χ1) is 9.91. The third kappa shape index (κ3) is 2.12. The number of hydrogen-bond donors (Lipinski definition) is 0. The Labute approximate surface area is 127 Å². The van der Waals surface area contributed by atoms with Crippen LogP contribution in [0.5, 0.6) is 0 Å². The Morgan fingerprint density at radius 2 is 2.14 bits per heavy atom. The third-order valence-electron chi connectivity index (χ3n) is 4.14. The van der Waals surface area contributed by atoms with Crippen LogP contribution in [0.4, 0.5) is 0 Å². The lowest BCUT2D eigenvalue weighted by Crippen LogP contribution is -2.47. The van der Waals surface area contributed by atoms with Crippen LogP contribution in [-0.2, 0) is 10.0 Å². The highest BCUT2D eigenvalue weighted by atomic mass is 32.2. The number of rotatable bonds is 4. The highest BCUT2D eigenvalue weighted by Gasteiger charge is 2.49. The number of nitriles is 1. The SMILES string of the molecule is CN(C(C)(C#N)C1CC1)S(=O)(=O)c1cccc2nsnc12. The number of fused-ring (bicyclic) bond motifs is 1. The maximum absolute atomic E-state index is 12.9. The maximum atomic E-state index is 12.9. The Bertz CT molecular complexity index is 835. The minimum Gasteiger partial charge on any atom is -0.207 e. The molecule has 1 aromatic heterocycles. The van der Waals surface area contributed by atoms with Crippen molar-refractivity contribution in [1.29, 1.82) is 5.26 Å². The average molecular weight is 322 g/mol. The molecule has 2 aromatic rings. The van der Waals surface area contributed by atoms with E-state index < -0.39 is 15.6 Å². The van der Waals surface area contributed by atoms with Crippen LogP contribution in [0.15, 0.2) is 23.1 Å². The molecule has 0 spiro atoms. The molecule has 1 unspecified atom stereocenters. The molecule has 1 heterocycles. The fourth-order valence-electron chi connectivity index (χ4n) is 2.45. The van der Waals surface area contributed by atoms with E-state index in [2.05, 4.69) is 14.8 Å². The van der Waals surface area contributed by atoms with Gasteiger partial charge in [-0.05, 0) is 37.8 Å². The molecule has 1 aliphatic carbocycles. The summed E-state index contributed by atoms with van der Waals surface area (Å²) in [7, 11) is -2.33. The highest BCUT2D eigenvalue weighted by Crippen LogP contribution is 2.44. The molecule has 1 saturated carbocycles. The van der Waals surface area contributed by atoms with E-state index in [-0.39, 0.29) is 10.8 Å². The lowest BCUT2D eigenvalue weighted by molar-refractivity contribution is 0.277. The summed E-state index contributed by atoms with van der Waals surface area (Å²) in [6.07, 6.45) is 1.76. The van der Waals surface area contributed by atoms with Gasteiger partial charge in [0.25, 0.3) is 0 Å². The lowest BCUT2D eigenvalue weighted by Gasteiger charge is -2.32. The first-order valence-electron chi connectivity index (χ1n) is 6.53. The topological polar surface area (TPSA) is 87.0 Å². The lowest BCUT2D eigenvalue weighted by atomic mass is 9.99. The van der Waals surface area contributed by atoms with Gasteiger partial charge in [-0.25, -0.2) is 8.42 Å². The van der Waals surface area contributed by atoms with Gasteiger partial charge in [0.1, 0.15) is 21.5 Å². The number of sulfonamides is 1. The van der Waals surface area contributed by atoms with E-state index in [9.17, 15) is 13.7 Å². The number of aromatic nitrogens is 2. The second-order valence-corrected chi connectivity index (χ2v) is 7.86. The first kappa shape index (κ1) is 14.4. The summed E-state index contributed by atoms with van der Waals surface area (Å²) in [6.45, 7) is 1.68. The van der Waals surface area contributed by atoms with Crippen LogP contribution in [0.2, 0.25) is 0 Å². The van der Waals surface area contributed by atoms with Crippen molar-refractivity contribution in [2.75, 3.05) is 7.05 Å². The van der Waals surface area contributed by atoms with Crippen molar-refractivity contribution in [2.24, 2.45) is 5.92 Å². The van der Waals surface area contributed by atoms with Gasteiger partial charge in [0, 0.05) is 7.05 Å². The van der Waals surface area contributed by atoms with E-state index in [4.69, 9.17) is 0 Å². The number of benzene rings is 1. The van der Waals surface area contributed by atoms with Gasteiger partial charge < -0.3 is 0 Å². The molecule has 0 N–H and O–H groups in total. The van der Waals surface area contributed by atoms with Crippen LogP contribution in [-0.4, -0.2) is 34.1 Å². The van der Waals surface area contributed by atoms with Crippen LogP contribution >= 0.6 is 11.7 Å². The molecule has 0 amide bonds. The van der Waals surface area contributed by atoms with Crippen molar-refractivity contribution in [2.45, 2.75) is 30.2 Å². The monoisotopic (exact) mass is 322 g/mol.